The molecular formula is C17H23N5O2. The number of carbonyl (C=O) groups is 1. The van der Waals surface area contributed by atoms with Crippen molar-refractivity contribution in [3.63, 3.8) is 0 Å². The Morgan fingerprint density at radius 2 is 2.17 bits per heavy atom. The van der Waals surface area contributed by atoms with Crippen LogP contribution in [0, 0.1) is 6.92 Å². The lowest BCUT2D eigenvalue weighted by atomic mass is 10.1. The van der Waals surface area contributed by atoms with Gasteiger partial charge < -0.3 is 20.0 Å². The minimum atomic E-state index is -0.183. The predicted molar refractivity (Wildman–Crippen MR) is 90.8 cm³/mol. The third kappa shape index (κ3) is 4.04. The number of nitrogens with one attached hydrogen (secondary N) is 2. The van der Waals surface area contributed by atoms with E-state index in [9.17, 15) is 4.79 Å². The zero-order valence-corrected chi connectivity index (χ0v) is 14.0. The Hall–Kier alpha value is -2.57. The number of anilines is 1. The monoisotopic (exact) mass is 329 g/mol. The summed E-state index contributed by atoms with van der Waals surface area (Å²) in [5.41, 5.74) is 0. The third-order valence-corrected chi connectivity index (χ3v) is 4.13. The quantitative estimate of drug-likeness (QED) is 0.900. The summed E-state index contributed by atoms with van der Waals surface area (Å²) in [6.07, 6.45) is 5.42. The summed E-state index contributed by atoms with van der Waals surface area (Å²) in [5, 5.41) is 5.95. The summed E-state index contributed by atoms with van der Waals surface area (Å²) in [5.74, 6) is 2.30. The fourth-order valence-corrected chi connectivity index (χ4v) is 2.91. The first-order valence-electron chi connectivity index (χ1n) is 8.27. The highest BCUT2D eigenvalue weighted by Gasteiger charge is 2.23. The van der Waals surface area contributed by atoms with E-state index in [1.54, 1.807) is 18.5 Å². The second-order valence-electron chi connectivity index (χ2n) is 6.12. The molecule has 7 heteroatoms. The Kier molecular flexibility index (Phi) is 4.98. The number of carbonyl (C=O) groups excluding carboxylic acids is 1. The molecule has 3 rings (SSSR count). The van der Waals surface area contributed by atoms with Gasteiger partial charge in [-0.15, -0.1) is 0 Å². The average Bonchev–Trinajstić information content (AvgIpc) is 3.02. The van der Waals surface area contributed by atoms with Crippen molar-refractivity contribution in [2.45, 2.75) is 38.8 Å². The Bertz CT molecular complexity index is 673. The van der Waals surface area contributed by atoms with Crippen LogP contribution in [-0.4, -0.2) is 35.1 Å². The molecule has 2 atom stereocenters. The lowest BCUT2D eigenvalue weighted by Crippen LogP contribution is -2.51. The highest BCUT2D eigenvalue weighted by molar-refractivity contribution is 5.74. The molecule has 2 aromatic heterocycles. The van der Waals surface area contributed by atoms with Crippen LogP contribution in [0.15, 0.2) is 35.0 Å². The number of aryl methyl sites for hydroxylation is 1. The molecule has 0 unspecified atom stereocenters. The highest BCUT2D eigenvalue weighted by atomic mass is 16.3. The third-order valence-electron chi connectivity index (χ3n) is 4.13. The van der Waals surface area contributed by atoms with E-state index in [0.29, 0.717) is 12.5 Å². The van der Waals surface area contributed by atoms with E-state index < -0.39 is 0 Å². The SMILES string of the molecule is Cc1ccc([C@@H](C)NC(=O)N[C@H]2CCCN(c3ncccn3)C2)o1. The topological polar surface area (TPSA) is 83.3 Å². The Morgan fingerprint density at radius 1 is 1.38 bits per heavy atom. The molecule has 0 saturated carbocycles. The van der Waals surface area contributed by atoms with Crippen LogP contribution >= 0.6 is 0 Å². The number of hydrogen-bond donors (Lipinski definition) is 2. The molecule has 1 saturated heterocycles. The maximum absolute atomic E-state index is 12.2. The summed E-state index contributed by atoms with van der Waals surface area (Å²) < 4.78 is 5.54. The van der Waals surface area contributed by atoms with E-state index in [1.807, 2.05) is 26.0 Å². The summed E-state index contributed by atoms with van der Waals surface area (Å²) in [6.45, 7) is 5.42. The van der Waals surface area contributed by atoms with Gasteiger partial charge in [-0.2, -0.15) is 0 Å². The second kappa shape index (κ2) is 7.33. The lowest BCUT2D eigenvalue weighted by molar-refractivity contribution is 0.230. The zero-order chi connectivity index (χ0) is 16.9. The standard InChI is InChI=1S/C17H23N5O2/c1-12-6-7-15(24-12)13(2)20-17(23)21-14-5-3-10-22(11-14)16-18-8-4-9-19-16/h4,6-9,13-14H,3,5,10-11H2,1-2H3,(H2,20,21,23)/t13-,14+/m1/s1. The largest absolute Gasteiger partial charge is 0.464 e. The molecule has 2 amide bonds. The van der Waals surface area contributed by atoms with Crippen LogP contribution in [0.3, 0.4) is 0 Å². The van der Waals surface area contributed by atoms with E-state index in [-0.39, 0.29) is 18.1 Å². The van der Waals surface area contributed by atoms with Gasteiger partial charge in [0, 0.05) is 31.5 Å². The molecule has 0 spiro atoms. The number of furan rings is 1. The maximum atomic E-state index is 12.2. The summed E-state index contributed by atoms with van der Waals surface area (Å²) >= 11 is 0. The predicted octanol–water partition coefficient (Wildman–Crippen LogP) is 2.41. The molecule has 2 aromatic rings. The van der Waals surface area contributed by atoms with Gasteiger partial charge in [0.05, 0.1) is 6.04 Å². The van der Waals surface area contributed by atoms with Crippen molar-refractivity contribution in [3.05, 3.63) is 42.1 Å². The number of amides is 2. The van der Waals surface area contributed by atoms with Crippen LogP contribution < -0.4 is 15.5 Å². The van der Waals surface area contributed by atoms with E-state index in [1.165, 1.54) is 0 Å². The lowest BCUT2D eigenvalue weighted by Gasteiger charge is -2.33. The molecule has 128 valence electrons. The fraction of sp³-hybridized carbons (Fsp3) is 0.471. The molecule has 2 N–H and O–H groups in total. The van der Waals surface area contributed by atoms with Crippen LogP contribution in [0.4, 0.5) is 10.7 Å². The normalized spacial score (nSPS) is 18.9. The van der Waals surface area contributed by atoms with Crippen LogP contribution in [0.2, 0.25) is 0 Å². The van der Waals surface area contributed by atoms with E-state index in [2.05, 4.69) is 25.5 Å². The van der Waals surface area contributed by atoms with Crippen molar-refractivity contribution < 1.29 is 9.21 Å². The van der Waals surface area contributed by atoms with Crippen molar-refractivity contribution in [3.8, 4) is 0 Å². The number of hydrogen-bond acceptors (Lipinski definition) is 5. The second-order valence-corrected chi connectivity index (χ2v) is 6.12. The average molecular weight is 329 g/mol. The first kappa shape index (κ1) is 16.3. The molecule has 0 bridgehead atoms. The number of aromatic nitrogens is 2. The zero-order valence-electron chi connectivity index (χ0n) is 14.0. The Labute approximate surface area is 141 Å². The molecule has 0 radical (unpaired) electrons. The van der Waals surface area contributed by atoms with E-state index >= 15 is 0 Å². The maximum Gasteiger partial charge on any atom is 0.315 e. The van der Waals surface area contributed by atoms with Crippen LogP contribution in [-0.2, 0) is 0 Å². The van der Waals surface area contributed by atoms with Crippen molar-refractivity contribution in [1.29, 1.82) is 0 Å². The van der Waals surface area contributed by atoms with Crippen molar-refractivity contribution in [1.82, 2.24) is 20.6 Å². The van der Waals surface area contributed by atoms with Gasteiger partial charge >= 0.3 is 6.03 Å². The van der Waals surface area contributed by atoms with Crippen molar-refractivity contribution in [2.75, 3.05) is 18.0 Å². The van der Waals surface area contributed by atoms with Gasteiger partial charge in [0.15, 0.2) is 0 Å². The summed E-state index contributed by atoms with van der Waals surface area (Å²) in [7, 11) is 0. The van der Waals surface area contributed by atoms with Crippen LogP contribution in [0.25, 0.3) is 0 Å². The molecule has 1 fully saturated rings. The molecule has 1 aliphatic rings. The first-order chi connectivity index (χ1) is 11.6. The minimum absolute atomic E-state index is 0.0769. The van der Waals surface area contributed by atoms with E-state index in [4.69, 9.17) is 4.42 Å². The van der Waals surface area contributed by atoms with Gasteiger partial charge in [-0.25, -0.2) is 14.8 Å². The number of piperidine rings is 1. The fourth-order valence-electron chi connectivity index (χ4n) is 2.91. The summed E-state index contributed by atoms with van der Waals surface area (Å²) in [6, 6.07) is 5.30. The van der Waals surface area contributed by atoms with Gasteiger partial charge in [-0.3, -0.25) is 0 Å². The van der Waals surface area contributed by atoms with Gasteiger partial charge in [0.2, 0.25) is 5.95 Å². The van der Waals surface area contributed by atoms with Gasteiger partial charge in [0.1, 0.15) is 11.5 Å². The molecular weight excluding hydrogens is 306 g/mol. The van der Waals surface area contributed by atoms with Gasteiger partial charge in [-0.1, -0.05) is 0 Å². The van der Waals surface area contributed by atoms with Gasteiger partial charge in [0.25, 0.3) is 0 Å². The van der Waals surface area contributed by atoms with Gasteiger partial charge in [-0.05, 0) is 44.9 Å². The van der Waals surface area contributed by atoms with E-state index in [0.717, 1.165) is 30.9 Å². The summed E-state index contributed by atoms with van der Waals surface area (Å²) in [4.78, 5) is 22.9. The Morgan fingerprint density at radius 3 is 2.88 bits per heavy atom. The molecule has 0 aliphatic carbocycles. The number of urea groups is 1. The van der Waals surface area contributed by atoms with Crippen LogP contribution in [0.1, 0.15) is 37.3 Å². The minimum Gasteiger partial charge on any atom is -0.464 e. The van der Waals surface area contributed by atoms with Crippen LogP contribution in [0.5, 0.6) is 0 Å². The highest BCUT2D eigenvalue weighted by Crippen LogP contribution is 2.17. The Balaban J connectivity index is 1.52. The molecule has 24 heavy (non-hydrogen) atoms. The smallest absolute Gasteiger partial charge is 0.315 e. The molecule has 7 nitrogen and oxygen atoms in total. The first-order valence-corrected chi connectivity index (χ1v) is 8.27. The number of rotatable bonds is 4. The molecule has 1 aliphatic heterocycles. The van der Waals surface area contributed by atoms with Crippen molar-refractivity contribution in [2.24, 2.45) is 0 Å². The molecule has 3 heterocycles. The molecule has 0 aromatic carbocycles. The van der Waals surface area contributed by atoms with Crippen molar-refractivity contribution >= 4 is 12.0 Å². The number of nitrogens with zero attached hydrogens (tertiary/aromatic N) is 3.